The van der Waals surface area contributed by atoms with Gasteiger partial charge in [-0.1, -0.05) is 32.8 Å². The molecule has 0 aliphatic rings. The van der Waals surface area contributed by atoms with Gasteiger partial charge in [-0.05, 0) is 24.5 Å². The van der Waals surface area contributed by atoms with Gasteiger partial charge in [-0.25, -0.2) is 0 Å². The van der Waals surface area contributed by atoms with Crippen LogP contribution in [0.25, 0.3) is 0 Å². The van der Waals surface area contributed by atoms with Crippen LogP contribution in [0.4, 0.5) is 0 Å². The normalized spacial score (nSPS) is 10.2. The topological polar surface area (TPSA) is 12.9 Å². The molecule has 0 spiro atoms. The first kappa shape index (κ1) is 9.24. The second kappa shape index (κ2) is 4.91. The molecule has 66 valence electrons. The van der Waals surface area contributed by atoms with Crippen LogP contribution in [-0.2, 0) is 12.8 Å². The molecule has 0 unspecified atom stereocenters. The first-order valence-electron chi connectivity index (χ1n) is 4.81. The van der Waals surface area contributed by atoms with Crippen molar-refractivity contribution in [3.05, 3.63) is 29.6 Å². The fourth-order valence-corrected chi connectivity index (χ4v) is 1.43. The summed E-state index contributed by atoms with van der Waals surface area (Å²) in [6, 6.07) is 4.23. The SMILES string of the molecule is CCCc1cccnc1CCC. The van der Waals surface area contributed by atoms with Crippen molar-refractivity contribution in [2.24, 2.45) is 0 Å². The molecule has 1 heteroatoms. The summed E-state index contributed by atoms with van der Waals surface area (Å²) in [6.45, 7) is 4.41. The van der Waals surface area contributed by atoms with Gasteiger partial charge in [-0.3, -0.25) is 4.98 Å². The second-order valence-electron chi connectivity index (χ2n) is 3.11. The molecule has 1 aromatic rings. The van der Waals surface area contributed by atoms with Crippen LogP contribution in [0, 0.1) is 0 Å². The summed E-state index contributed by atoms with van der Waals surface area (Å²) in [7, 11) is 0. The van der Waals surface area contributed by atoms with E-state index in [1.54, 1.807) is 0 Å². The molecule has 0 aliphatic carbocycles. The Morgan fingerprint density at radius 1 is 1.17 bits per heavy atom. The van der Waals surface area contributed by atoms with Crippen LogP contribution in [0.15, 0.2) is 18.3 Å². The van der Waals surface area contributed by atoms with Gasteiger partial charge >= 0.3 is 0 Å². The van der Waals surface area contributed by atoms with Crippen LogP contribution in [0.2, 0.25) is 0 Å². The monoisotopic (exact) mass is 163 g/mol. The zero-order valence-electron chi connectivity index (χ0n) is 8.01. The maximum absolute atomic E-state index is 4.39. The van der Waals surface area contributed by atoms with Crippen molar-refractivity contribution in [1.29, 1.82) is 0 Å². The molecule has 0 saturated heterocycles. The van der Waals surface area contributed by atoms with Crippen LogP contribution in [0.5, 0.6) is 0 Å². The van der Waals surface area contributed by atoms with Gasteiger partial charge in [0.2, 0.25) is 0 Å². The summed E-state index contributed by atoms with van der Waals surface area (Å²) in [4.78, 5) is 4.39. The Morgan fingerprint density at radius 3 is 2.58 bits per heavy atom. The number of pyridine rings is 1. The number of nitrogens with zero attached hydrogens (tertiary/aromatic N) is 1. The molecule has 0 aromatic carbocycles. The number of hydrogen-bond acceptors (Lipinski definition) is 1. The van der Waals surface area contributed by atoms with Crippen LogP contribution in [0.3, 0.4) is 0 Å². The van der Waals surface area contributed by atoms with Gasteiger partial charge in [0, 0.05) is 11.9 Å². The maximum atomic E-state index is 4.39. The first-order valence-corrected chi connectivity index (χ1v) is 4.81. The first-order chi connectivity index (χ1) is 5.88. The fourth-order valence-electron chi connectivity index (χ4n) is 1.43. The molecule has 12 heavy (non-hydrogen) atoms. The van der Waals surface area contributed by atoms with Gasteiger partial charge in [0.15, 0.2) is 0 Å². The quantitative estimate of drug-likeness (QED) is 0.665. The summed E-state index contributed by atoms with van der Waals surface area (Å²) >= 11 is 0. The summed E-state index contributed by atoms with van der Waals surface area (Å²) in [5, 5.41) is 0. The molecule has 0 amide bonds. The lowest BCUT2D eigenvalue weighted by Crippen LogP contribution is -1.96. The van der Waals surface area contributed by atoms with Crippen LogP contribution >= 0.6 is 0 Å². The third-order valence-corrected chi connectivity index (χ3v) is 1.99. The molecule has 0 aliphatic heterocycles. The fraction of sp³-hybridized carbons (Fsp3) is 0.545. The van der Waals surface area contributed by atoms with E-state index in [0.717, 1.165) is 6.42 Å². The van der Waals surface area contributed by atoms with Crippen LogP contribution in [-0.4, -0.2) is 4.98 Å². The highest BCUT2D eigenvalue weighted by Crippen LogP contribution is 2.09. The summed E-state index contributed by atoms with van der Waals surface area (Å²) in [6.07, 6.45) is 6.58. The Kier molecular flexibility index (Phi) is 3.78. The van der Waals surface area contributed by atoms with Crippen molar-refractivity contribution < 1.29 is 0 Å². The third kappa shape index (κ3) is 2.33. The number of aromatic nitrogens is 1. The van der Waals surface area contributed by atoms with E-state index in [1.807, 2.05) is 12.3 Å². The highest BCUT2D eigenvalue weighted by atomic mass is 14.7. The zero-order chi connectivity index (χ0) is 8.81. The van der Waals surface area contributed by atoms with Crippen molar-refractivity contribution >= 4 is 0 Å². The smallest absolute Gasteiger partial charge is 0.0435 e. The zero-order valence-corrected chi connectivity index (χ0v) is 8.01. The van der Waals surface area contributed by atoms with Crippen molar-refractivity contribution in [1.82, 2.24) is 4.98 Å². The molecule has 1 rings (SSSR count). The second-order valence-corrected chi connectivity index (χ2v) is 3.11. The standard InChI is InChI=1S/C11H17N/c1-3-6-10-8-5-9-12-11(10)7-4-2/h5,8-9H,3-4,6-7H2,1-2H3. The molecule has 0 fully saturated rings. The molecule has 0 bridgehead atoms. The molecule has 0 radical (unpaired) electrons. The van der Waals surface area contributed by atoms with E-state index in [-0.39, 0.29) is 0 Å². The van der Waals surface area contributed by atoms with Gasteiger partial charge in [-0.2, -0.15) is 0 Å². The van der Waals surface area contributed by atoms with E-state index in [1.165, 1.54) is 30.5 Å². The third-order valence-electron chi connectivity index (χ3n) is 1.99. The van der Waals surface area contributed by atoms with Gasteiger partial charge in [-0.15, -0.1) is 0 Å². The van der Waals surface area contributed by atoms with Crippen molar-refractivity contribution in [3.8, 4) is 0 Å². The van der Waals surface area contributed by atoms with Crippen molar-refractivity contribution in [2.75, 3.05) is 0 Å². The predicted octanol–water partition coefficient (Wildman–Crippen LogP) is 2.99. The Balaban J connectivity index is 2.77. The lowest BCUT2D eigenvalue weighted by Gasteiger charge is -2.04. The predicted molar refractivity (Wildman–Crippen MR) is 52.2 cm³/mol. The molecule has 0 saturated carbocycles. The van der Waals surface area contributed by atoms with Crippen molar-refractivity contribution in [2.45, 2.75) is 39.5 Å². The lowest BCUT2D eigenvalue weighted by molar-refractivity contribution is 0.828. The highest BCUT2D eigenvalue weighted by molar-refractivity contribution is 5.19. The molecule has 1 nitrogen and oxygen atoms in total. The van der Waals surface area contributed by atoms with E-state index in [4.69, 9.17) is 0 Å². The van der Waals surface area contributed by atoms with E-state index in [0.29, 0.717) is 0 Å². The Morgan fingerprint density at radius 2 is 1.92 bits per heavy atom. The molecule has 1 heterocycles. The Bertz CT molecular complexity index is 205. The highest BCUT2D eigenvalue weighted by Gasteiger charge is 1.99. The van der Waals surface area contributed by atoms with Gasteiger partial charge in [0.1, 0.15) is 0 Å². The minimum atomic E-state index is 1.12. The number of rotatable bonds is 4. The van der Waals surface area contributed by atoms with Crippen LogP contribution in [0.1, 0.15) is 37.9 Å². The summed E-state index contributed by atoms with van der Waals surface area (Å²) in [5.74, 6) is 0. The lowest BCUT2D eigenvalue weighted by atomic mass is 10.1. The summed E-state index contributed by atoms with van der Waals surface area (Å²) in [5.41, 5.74) is 2.73. The molecular weight excluding hydrogens is 146 g/mol. The van der Waals surface area contributed by atoms with E-state index >= 15 is 0 Å². The maximum Gasteiger partial charge on any atom is 0.0435 e. The van der Waals surface area contributed by atoms with Gasteiger partial charge in [0.25, 0.3) is 0 Å². The van der Waals surface area contributed by atoms with E-state index in [2.05, 4.69) is 24.9 Å². The van der Waals surface area contributed by atoms with Gasteiger partial charge in [0.05, 0.1) is 0 Å². The molecule has 0 atom stereocenters. The Labute approximate surface area is 74.8 Å². The minimum absolute atomic E-state index is 1.12. The molecule has 1 aromatic heterocycles. The summed E-state index contributed by atoms with van der Waals surface area (Å²) < 4.78 is 0. The molecular formula is C11H17N. The van der Waals surface area contributed by atoms with Crippen LogP contribution < -0.4 is 0 Å². The minimum Gasteiger partial charge on any atom is -0.261 e. The number of aryl methyl sites for hydroxylation is 2. The average molecular weight is 163 g/mol. The van der Waals surface area contributed by atoms with Crippen molar-refractivity contribution in [3.63, 3.8) is 0 Å². The van der Waals surface area contributed by atoms with Gasteiger partial charge < -0.3 is 0 Å². The molecule has 0 N–H and O–H groups in total. The van der Waals surface area contributed by atoms with E-state index in [9.17, 15) is 0 Å². The van der Waals surface area contributed by atoms with E-state index < -0.39 is 0 Å². The average Bonchev–Trinajstić information content (AvgIpc) is 2.09. The largest absolute Gasteiger partial charge is 0.261 e. The Hall–Kier alpha value is -0.850. The number of hydrogen-bond donors (Lipinski definition) is 0.